The SMILES string of the molecule is C=CC[C@@]1(C(C)C)CC[C@@](C)(CO)O1. The molecule has 2 atom stereocenters. The molecule has 2 nitrogen and oxygen atoms in total. The first-order chi connectivity index (χ1) is 6.48. The van der Waals surface area contributed by atoms with Crippen molar-refractivity contribution < 1.29 is 9.84 Å². The topological polar surface area (TPSA) is 29.5 Å². The Bertz CT molecular complexity index is 212. The van der Waals surface area contributed by atoms with E-state index in [-0.39, 0.29) is 17.8 Å². The van der Waals surface area contributed by atoms with Crippen LogP contribution in [0.3, 0.4) is 0 Å². The maximum Gasteiger partial charge on any atom is 0.0893 e. The molecule has 2 heteroatoms. The second kappa shape index (κ2) is 4.03. The summed E-state index contributed by atoms with van der Waals surface area (Å²) in [7, 11) is 0. The molecule has 0 bridgehead atoms. The van der Waals surface area contributed by atoms with Crippen molar-refractivity contribution in [1.82, 2.24) is 0 Å². The number of rotatable bonds is 4. The summed E-state index contributed by atoms with van der Waals surface area (Å²) in [6.45, 7) is 10.2. The summed E-state index contributed by atoms with van der Waals surface area (Å²) < 4.78 is 6.07. The normalized spacial score (nSPS) is 37.8. The van der Waals surface area contributed by atoms with Crippen LogP contribution in [0.1, 0.15) is 40.0 Å². The molecule has 0 unspecified atom stereocenters. The summed E-state index contributed by atoms with van der Waals surface area (Å²) in [5, 5.41) is 9.26. The molecule has 1 heterocycles. The van der Waals surface area contributed by atoms with E-state index in [1.54, 1.807) is 0 Å². The van der Waals surface area contributed by atoms with Gasteiger partial charge in [0.05, 0.1) is 17.8 Å². The first-order valence-corrected chi connectivity index (χ1v) is 5.40. The highest BCUT2D eigenvalue weighted by Gasteiger charge is 2.47. The van der Waals surface area contributed by atoms with Gasteiger partial charge >= 0.3 is 0 Å². The Morgan fingerprint density at radius 3 is 2.50 bits per heavy atom. The van der Waals surface area contributed by atoms with Crippen LogP contribution in [0, 0.1) is 5.92 Å². The van der Waals surface area contributed by atoms with Crippen molar-refractivity contribution in [2.75, 3.05) is 6.61 Å². The van der Waals surface area contributed by atoms with E-state index in [1.807, 2.05) is 13.0 Å². The van der Waals surface area contributed by atoms with E-state index in [9.17, 15) is 5.11 Å². The lowest BCUT2D eigenvalue weighted by molar-refractivity contribution is -0.133. The third-order valence-electron chi connectivity index (χ3n) is 3.40. The molecule has 0 amide bonds. The van der Waals surface area contributed by atoms with Gasteiger partial charge in [0, 0.05) is 0 Å². The number of hydrogen-bond acceptors (Lipinski definition) is 2. The minimum atomic E-state index is -0.340. The van der Waals surface area contributed by atoms with Gasteiger partial charge in [-0.05, 0) is 32.1 Å². The van der Waals surface area contributed by atoms with Gasteiger partial charge in [-0.1, -0.05) is 19.9 Å². The number of aliphatic hydroxyl groups is 1. The van der Waals surface area contributed by atoms with Gasteiger partial charge in [0.25, 0.3) is 0 Å². The van der Waals surface area contributed by atoms with Gasteiger partial charge in [-0.25, -0.2) is 0 Å². The highest BCUT2D eigenvalue weighted by atomic mass is 16.5. The van der Waals surface area contributed by atoms with Gasteiger partial charge in [-0.3, -0.25) is 0 Å². The molecule has 1 aliphatic rings. The molecule has 0 saturated carbocycles. The Morgan fingerprint density at radius 1 is 1.50 bits per heavy atom. The van der Waals surface area contributed by atoms with Crippen molar-refractivity contribution in [2.24, 2.45) is 5.92 Å². The maximum atomic E-state index is 9.26. The van der Waals surface area contributed by atoms with Crippen LogP contribution in [0.15, 0.2) is 12.7 Å². The zero-order valence-corrected chi connectivity index (χ0v) is 9.55. The summed E-state index contributed by atoms with van der Waals surface area (Å²) >= 11 is 0. The maximum absolute atomic E-state index is 9.26. The summed E-state index contributed by atoms with van der Waals surface area (Å²) in [6, 6.07) is 0. The van der Waals surface area contributed by atoms with E-state index in [0.717, 1.165) is 19.3 Å². The van der Waals surface area contributed by atoms with Crippen molar-refractivity contribution in [3.05, 3.63) is 12.7 Å². The fourth-order valence-corrected chi connectivity index (χ4v) is 2.21. The van der Waals surface area contributed by atoms with E-state index < -0.39 is 0 Å². The summed E-state index contributed by atoms with van der Waals surface area (Å²) in [5.41, 5.74) is -0.438. The highest BCUT2D eigenvalue weighted by Crippen LogP contribution is 2.44. The van der Waals surface area contributed by atoms with E-state index in [4.69, 9.17) is 4.74 Å². The first kappa shape index (κ1) is 11.7. The van der Waals surface area contributed by atoms with Gasteiger partial charge in [0.2, 0.25) is 0 Å². The molecule has 14 heavy (non-hydrogen) atoms. The predicted octanol–water partition coefficient (Wildman–Crippen LogP) is 2.52. The van der Waals surface area contributed by atoms with Crippen LogP contribution in [-0.2, 0) is 4.74 Å². The van der Waals surface area contributed by atoms with Gasteiger partial charge in [-0.15, -0.1) is 6.58 Å². The fraction of sp³-hybridized carbons (Fsp3) is 0.833. The average Bonchev–Trinajstić information content (AvgIpc) is 2.47. The summed E-state index contributed by atoms with van der Waals surface area (Å²) in [4.78, 5) is 0. The summed E-state index contributed by atoms with van der Waals surface area (Å²) in [6.07, 6.45) is 4.76. The molecule has 0 aliphatic carbocycles. The predicted molar refractivity (Wildman–Crippen MR) is 58.2 cm³/mol. The Labute approximate surface area is 87.0 Å². The lowest BCUT2D eigenvalue weighted by Gasteiger charge is -2.35. The number of aliphatic hydroxyl groups excluding tert-OH is 1. The van der Waals surface area contributed by atoms with Crippen LogP contribution < -0.4 is 0 Å². The molecule has 0 spiro atoms. The summed E-state index contributed by atoms with van der Waals surface area (Å²) in [5.74, 6) is 0.467. The molecule has 1 aliphatic heterocycles. The second-order valence-electron chi connectivity index (χ2n) is 4.92. The van der Waals surface area contributed by atoms with E-state index >= 15 is 0 Å². The van der Waals surface area contributed by atoms with Crippen LogP contribution in [0.5, 0.6) is 0 Å². The fourth-order valence-electron chi connectivity index (χ4n) is 2.21. The van der Waals surface area contributed by atoms with E-state index in [1.165, 1.54) is 0 Å². The Balaban J connectivity index is 2.78. The van der Waals surface area contributed by atoms with Crippen LogP contribution in [-0.4, -0.2) is 22.9 Å². The minimum absolute atomic E-state index is 0.0980. The molecule has 1 fully saturated rings. The molecule has 0 aromatic rings. The molecule has 0 radical (unpaired) electrons. The monoisotopic (exact) mass is 198 g/mol. The van der Waals surface area contributed by atoms with Gasteiger partial charge in [0.1, 0.15) is 0 Å². The number of ether oxygens (including phenoxy) is 1. The molecule has 0 aromatic carbocycles. The minimum Gasteiger partial charge on any atom is -0.393 e. The third-order valence-corrected chi connectivity index (χ3v) is 3.40. The third kappa shape index (κ3) is 2.01. The van der Waals surface area contributed by atoms with Crippen molar-refractivity contribution in [3.63, 3.8) is 0 Å². The molecule has 1 saturated heterocycles. The van der Waals surface area contributed by atoms with E-state index in [2.05, 4.69) is 20.4 Å². The standard InChI is InChI=1S/C12H22O2/c1-5-6-12(10(2)3)8-7-11(4,9-13)14-12/h5,10,13H,1,6-9H2,2-4H3/t11-,12-/m0/s1. The van der Waals surface area contributed by atoms with E-state index in [0.29, 0.717) is 5.92 Å². The second-order valence-corrected chi connectivity index (χ2v) is 4.92. The highest BCUT2D eigenvalue weighted by molar-refractivity contribution is 5.00. The molecular weight excluding hydrogens is 176 g/mol. The first-order valence-electron chi connectivity index (χ1n) is 5.40. The molecule has 82 valence electrons. The van der Waals surface area contributed by atoms with Crippen molar-refractivity contribution in [2.45, 2.75) is 51.2 Å². The molecular formula is C12H22O2. The van der Waals surface area contributed by atoms with Crippen LogP contribution in [0.4, 0.5) is 0 Å². The molecule has 1 rings (SSSR count). The number of hydrogen-bond donors (Lipinski definition) is 1. The molecule has 1 N–H and O–H groups in total. The van der Waals surface area contributed by atoms with Crippen LogP contribution >= 0.6 is 0 Å². The Hall–Kier alpha value is -0.340. The smallest absolute Gasteiger partial charge is 0.0893 e. The van der Waals surface area contributed by atoms with Crippen LogP contribution in [0.2, 0.25) is 0 Å². The molecule has 0 aromatic heterocycles. The van der Waals surface area contributed by atoms with Gasteiger partial charge in [0.15, 0.2) is 0 Å². The van der Waals surface area contributed by atoms with Crippen molar-refractivity contribution >= 4 is 0 Å². The average molecular weight is 198 g/mol. The van der Waals surface area contributed by atoms with Crippen LogP contribution in [0.25, 0.3) is 0 Å². The van der Waals surface area contributed by atoms with Crippen molar-refractivity contribution in [1.29, 1.82) is 0 Å². The quantitative estimate of drug-likeness (QED) is 0.703. The Kier molecular flexibility index (Phi) is 3.38. The van der Waals surface area contributed by atoms with Gasteiger partial charge in [-0.2, -0.15) is 0 Å². The zero-order chi connectivity index (χ0) is 10.8. The lowest BCUT2D eigenvalue weighted by atomic mass is 9.84. The Morgan fingerprint density at radius 2 is 2.14 bits per heavy atom. The lowest BCUT2D eigenvalue weighted by Crippen LogP contribution is -2.39. The largest absolute Gasteiger partial charge is 0.393 e. The van der Waals surface area contributed by atoms with Crippen molar-refractivity contribution in [3.8, 4) is 0 Å². The zero-order valence-electron chi connectivity index (χ0n) is 9.55. The van der Waals surface area contributed by atoms with Gasteiger partial charge < -0.3 is 9.84 Å².